The number of amides is 2. The lowest BCUT2D eigenvalue weighted by Gasteiger charge is -2.39. The number of hydrogen-bond donors (Lipinski definition) is 2. The Labute approximate surface area is 200 Å². The van der Waals surface area contributed by atoms with E-state index in [2.05, 4.69) is 5.32 Å². The first kappa shape index (κ1) is 25.6. The molecule has 0 radical (unpaired) electrons. The van der Waals surface area contributed by atoms with E-state index in [0.717, 1.165) is 6.07 Å². The normalized spacial score (nSPS) is 20.8. The molecule has 2 aliphatic rings. The number of fused-ring (bicyclic) bond motifs is 2. The number of halogens is 3. The van der Waals surface area contributed by atoms with Crippen LogP contribution in [0.2, 0.25) is 0 Å². The smallest absolute Gasteiger partial charge is 0.274 e. The van der Waals surface area contributed by atoms with Gasteiger partial charge in [-0.05, 0) is 26.3 Å². The van der Waals surface area contributed by atoms with Crippen LogP contribution in [0.4, 0.5) is 8.78 Å². The number of methoxy groups -OCH3 is 1. The fourth-order valence-corrected chi connectivity index (χ4v) is 4.52. The number of rotatable bonds is 6. The van der Waals surface area contributed by atoms with Crippen molar-refractivity contribution in [3.63, 3.8) is 0 Å². The van der Waals surface area contributed by atoms with Crippen LogP contribution in [0.15, 0.2) is 29.2 Å². The van der Waals surface area contributed by atoms with E-state index in [0.29, 0.717) is 25.6 Å². The van der Waals surface area contributed by atoms with Crippen molar-refractivity contribution in [3.8, 4) is 5.75 Å². The third-order valence-electron chi connectivity index (χ3n) is 6.46. The average Bonchev–Trinajstić information content (AvgIpc) is 3.44. The molecule has 184 valence electrons. The molecule has 34 heavy (non-hydrogen) atoms. The van der Waals surface area contributed by atoms with Crippen LogP contribution in [-0.2, 0) is 16.8 Å². The minimum atomic E-state index is -0.989. The van der Waals surface area contributed by atoms with Crippen LogP contribution < -0.4 is 10.7 Å². The highest BCUT2D eigenvalue weighted by Crippen LogP contribution is 2.54. The fraction of sp³-hybridized carbons (Fsp3) is 0.435. The van der Waals surface area contributed by atoms with E-state index in [1.54, 1.807) is 12.0 Å². The van der Waals surface area contributed by atoms with Crippen LogP contribution in [0, 0.1) is 17.6 Å². The molecule has 1 aromatic heterocycles. The molecule has 11 heteroatoms. The number of nitrogens with zero attached hydrogens (tertiary/aromatic N) is 2. The van der Waals surface area contributed by atoms with Gasteiger partial charge in [0.05, 0.1) is 12.1 Å². The zero-order chi connectivity index (χ0) is 24.1. The number of ether oxygens (including phenoxy) is 1. The predicted molar refractivity (Wildman–Crippen MR) is 121 cm³/mol. The van der Waals surface area contributed by atoms with E-state index in [1.165, 1.54) is 16.8 Å². The zero-order valence-corrected chi connectivity index (χ0v) is 19.7. The summed E-state index contributed by atoms with van der Waals surface area (Å²) < 4.78 is 33.8. The molecule has 1 saturated carbocycles. The quantitative estimate of drug-likeness (QED) is 0.638. The highest BCUT2D eigenvalue weighted by molar-refractivity contribution is 5.99. The van der Waals surface area contributed by atoms with Gasteiger partial charge in [0.2, 0.25) is 5.43 Å². The number of aromatic nitrogens is 1. The largest absolute Gasteiger partial charge is 0.503 e. The van der Waals surface area contributed by atoms with Gasteiger partial charge in [0.1, 0.15) is 17.2 Å². The molecule has 2 heterocycles. The molecule has 1 fully saturated rings. The summed E-state index contributed by atoms with van der Waals surface area (Å²) in [5.41, 5.74) is -2.08. The summed E-state index contributed by atoms with van der Waals surface area (Å²) in [5.74, 6) is -3.68. The molecule has 1 aliphatic carbocycles. The van der Waals surface area contributed by atoms with Crippen LogP contribution in [-0.4, -0.2) is 52.7 Å². The number of carbonyl (C=O) groups is 2. The summed E-state index contributed by atoms with van der Waals surface area (Å²) >= 11 is 0. The summed E-state index contributed by atoms with van der Waals surface area (Å²) in [6.07, 6.45) is 1.94. The van der Waals surface area contributed by atoms with Gasteiger partial charge >= 0.3 is 0 Å². The highest BCUT2D eigenvalue weighted by Gasteiger charge is 2.60. The Morgan fingerprint density at radius 2 is 2.03 bits per heavy atom. The topological polar surface area (TPSA) is 101 Å². The molecule has 0 bridgehead atoms. The summed E-state index contributed by atoms with van der Waals surface area (Å²) in [4.78, 5) is 40.3. The van der Waals surface area contributed by atoms with Gasteiger partial charge in [-0.15, -0.1) is 12.4 Å². The standard InChI is InChI=1S/C23H25F2N3O5.ClH/c1-12(2)27-11-23(7-14(23)10-33-3)28-9-16(19(29)20(30)18(28)22(27)32)21(31)26-8-13-4-5-15(24)6-17(13)25;/h4-6,9,12,14,30H,7-8,10-11H2,1-3H3,(H,26,31);1H. The van der Waals surface area contributed by atoms with Crippen LogP contribution in [0.25, 0.3) is 0 Å². The Hall–Kier alpha value is -2.98. The lowest BCUT2D eigenvalue weighted by molar-refractivity contribution is 0.0543. The molecule has 2 atom stereocenters. The van der Waals surface area contributed by atoms with Crippen molar-refractivity contribution in [1.29, 1.82) is 0 Å². The van der Waals surface area contributed by atoms with E-state index >= 15 is 0 Å². The number of hydrogen-bond acceptors (Lipinski definition) is 5. The Kier molecular flexibility index (Phi) is 7.05. The van der Waals surface area contributed by atoms with Crippen molar-refractivity contribution in [1.82, 2.24) is 14.8 Å². The van der Waals surface area contributed by atoms with Crippen LogP contribution in [0.1, 0.15) is 46.7 Å². The fourth-order valence-electron chi connectivity index (χ4n) is 4.52. The molecule has 4 rings (SSSR count). The molecule has 2 unspecified atom stereocenters. The number of aromatic hydroxyl groups is 1. The van der Waals surface area contributed by atoms with Crippen molar-refractivity contribution < 1.29 is 28.2 Å². The third kappa shape index (κ3) is 4.16. The minimum absolute atomic E-state index is 0. The SMILES string of the molecule is COCC1CC12CN(C(C)C)C(=O)c1c(O)c(=O)c(C(=O)NCc3ccc(F)cc3F)cn12.Cl. The van der Waals surface area contributed by atoms with Crippen molar-refractivity contribution >= 4 is 24.2 Å². The predicted octanol–water partition coefficient (Wildman–Crippen LogP) is 2.41. The molecule has 2 N–H and O–H groups in total. The molecular weight excluding hydrogens is 472 g/mol. The Balaban J connectivity index is 0.00000324. The maximum atomic E-state index is 13.9. The molecule has 1 aromatic carbocycles. The van der Waals surface area contributed by atoms with Crippen molar-refractivity contribution in [2.24, 2.45) is 5.92 Å². The van der Waals surface area contributed by atoms with E-state index in [-0.39, 0.29) is 47.7 Å². The van der Waals surface area contributed by atoms with Gasteiger partial charge in [-0.2, -0.15) is 0 Å². The van der Waals surface area contributed by atoms with Crippen molar-refractivity contribution in [3.05, 3.63) is 63.1 Å². The number of nitrogens with one attached hydrogen (secondary N) is 1. The first-order chi connectivity index (χ1) is 15.6. The average molecular weight is 498 g/mol. The number of pyridine rings is 1. The maximum Gasteiger partial charge on any atom is 0.274 e. The van der Waals surface area contributed by atoms with Crippen molar-refractivity contribution in [2.45, 2.75) is 38.4 Å². The Morgan fingerprint density at radius 1 is 1.32 bits per heavy atom. The molecule has 0 saturated heterocycles. The second-order valence-corrected chi connectivity index (χ2v) is 8.84. The van der Waals surface area contributed by atoms with Gasteiger partial charge < -0.3 is 24.6 Å². The lowest BCUT2D eigenvalue weighted by atomic mass is 10.0. The van der Waals surface area contributed by atoms with Gasteiger partial charge in [0.15, 0.2) is 11.4 Å². The van der Waals surface area contributed by atoms with E-state index in [4.69, 9.17) is 4.74 Å². The summed E-state index contributed by atoms with van der Waals surface area (Å²) in [6.45, 7) is 4.18. The molecule has 2 amide bonds. The zero-order valence-electron chi connectivity index (χ0n) is 18.9. The molecular formula is C23H26ClF2N3O5. The second kappa shape index (κ2) is 9.34. The highest BCUT2D eigenvalue weighted by atomic mass is 35.5. The summed E-state index contributed by atoms with van der Waals surface area (Å²) in [5, 5.41) is 13.1. The monoisotopic (exact) mass is 497 g/mol. The second-order valence-electron chi connectivity index (χ2n) is 8.84. The van der Waals surface area contributed by atoms with Crippen LogP contribution in [0.3, 0.4) is 0 Å². The van der Waals surface area contributed by atoms with E-state index < -0.39 is 40.2 Å². The van der Waals surface area contributed by atoms with Gasteiger partial charge in [-0.3, -0.25) is 14.4 Å². The Morgan fingerprint density at radius 3 is 2.65 bits per heavy atom. The van der Waals surface area contributed by atoms with Gasteiger partial charge in [0, 0.05) is 50.0 Å². The third-order valence-corrected chi connectivity index (χ3v) is 6.46. The number of carbonyl (C=O) groups excluding carboxylic acids is 2. The van der Waals surface area contributed by atoms with E-state index in [9.17, 15) is 28.3 Å². The number of benzene rings is 1. The summed E-state index contributed by atoms with van der Waals surface area (Å²) in [6, 6.07) is 2.79. The molecule has 1 spiro atoms. The van der Waals surface area contributed by atoms with Gasteiger partial charge in [-0.25, -0.2) is 8.78 Å². The summed E-state index contributed by atoms with van der Waals surface area (Å²) in [7, 11) is 1.57. The van der Waals surface area contributed by atoms with Gasteiger partial charge in [-0.1, -0.05) is 6.07 Å². The minimum Gasteiger partial charge on any atom is -0.503 e. The molecule has 2 aromatic rings. The first-order valence-electron chi connectivity index (χ1n) is 10.6. The van der Waals surface area contributed by atoms with Gasteiger partial charge in [0.25, 0.3) is 11.8 Å². The van der Waals surface area contributed by atoms with Crippen LogP contribution in [0.5, 0.6) is 5.75 Å². The Bertz CT molecular complexity index is 1200. The molecule has 8 nitrogen and oxygen atoms in total. The first-order valence-corrected chi connectivity index (χ1v) is 10.6. The lowest BCUT2D eigenvalue weighted by Crippen LogP contribution is -2.52. The molecule has 1 aliphatic heterocycles. The van der Waals surface area contributed by atoms with E-state index in [1.807, 2.05) is 13.8 Å². The van der Waals surface area contributed by atoms with Crippen molar-refractivity contribution in [2.75, 3.05) is 20.3 Å². The maximum absolute atomic E-state index is 13.9. The van der Waals surface area contributed by atoms with Crippen LogP contribution >= 0.6 is 12.4 Å².